The van der Waals surface area contributed by atoms with Crippen molar-refractivity contribution in [2.24, 2.45) is 0 Å². The SMILES string of the molecule is CC[C@@H](CO)Nc1nc2c(C)cccn2c(=O)c1/C=C1\SC(=S)N(CC)C1=O. The monoisotopic (exact) mass is 418 g/mol. The Hall–Kier alpha value is -2.23. The fraction of sp³-hybridized carbons (Fsp3) is 0.368. The number of carbonyl (C=O) groups is 1. The quantitative estimate of drug-likeness (QED) is 0.550. The lowest BCUT2D eigenvalue weighted by Crippen LogP contribution is -2.28. The van der Waals surface area contributed by atoms with Crippen LogP contribution in [0.25, 0.3) is 11.7 Å². The van der Waals surface area contributed by atoms with Gasteiger partial charge in [-0.25, -0.2) is 4.98 Å². The molecule has 148 valence electrons. The maximum Gasteiger partial charge on any atom is 0.267 e. The number of aryl methyl sites for hydroxylation is 1. The number of aliphatic hydroxyl groups excluding tert-OH is 1. The van der Waals surface area contributed by atoms with Crippen LogP contribution in [0.5, 0.6) is 0 Å². The van der Waals surface area contributed by atoms with E-state index in [2.05, 4.69) is 10.3 Å². The lowest BCUT2D eigenvalue weighted by atomic mass is 10.2. The Morgan fingerprint density at radius 1 is 1.39 bits per heavy atom. The molecule has 0 radical (unpaired) electrons. The van der Waals surface area contributed by atoms with E-state index in [-0.39, 0.29) is 29.7 Å². The summed E-state index contributed by atoms with van der Waals surface area (Å²) < 4.78 is 1.94. The molecule has 1 fully saturated rings. The molecule has 2 N–H and O–H groups in total. The van der Waals surface area contributed by atoms with Crippen LogP contribution in [0.4, 0.5) is 5.82 Å². The first-order valence-corrected chi connectivity index (χ1v) is 10.3. The molecule has 3 rings (SSSR count). The Morgan fingerprint density at radius 2 is 2.14 bits per heavy atom. The van der Waals surface area contributed by atoms with Crippen molar-refractivity contribution in [2.45, 2.75) is 33.2 Å². The Labute approximate surface area is 172 Å². The van der Waals surface area contributed by atoms with Crippen molar-refractivity contribution in [1.29, 1.82) is 0 Å². The van der Waals surface area contributed by atoms with E-state index in [1.807, 2.05) is 26.8 Å². The van der Waals surface area contributed by atoms with E-state index >= 15 is 0 Å². The first-order chi connectivity index (χ1) is 13.4. The minimum absolute atomic E-state index is 0.0945. The van der Waals surface area contributed by atoms with Crippen LogP contribution in [0.1, 0.15) is 31.4 Å². The van der Waals surface area contributed by atoms with Gasteiger partial charge >= 0.3 is 0 Å². The molecule has 1 atom stereocenters. The molecule has 0 aliphatic carbocycles. The standard InChI is InChI=1S/C19H22N4O3S2/c1-4-12(10-24)20-15-13(9-14-18(26)22(5-2)19(27)28-14)17(25)23-8-6-7-11(3)16(23)21-15/h6-9,12,20,24H,4-5,10H2,1-3H3/b14-9-/t12-/m0/s1. The number of thioether (sulfide) groups is 1. The predicted octanol–water partition coefficient (Wildman–Crippen LogP) is 2.41. The van der Waals surface area contributed by atoms with Gasteiger partial charge in [-0.1, -0.05) is 37.0 Å². The normalized spacial score (nSPS) is 17.0. The molecule has 0 spiro atoms. The third-order valence-corrected chi connectivity index (χ3v) is 5.98. The summed E-state index contributed by atoms with van der Waals surface area (Å²) >= 11 is 6.43. The number of hydrogen-bond acceptors (Lipinski definition) is 7. The summed E-state index contributed by atoms with van der Waals surface area (Å²) in [5.74, 6) is 0.133. The largest absolute Gasteiger partial charge is 0.394 e. The summed E-state index contributed by atoms with van der Waals surface area (Å²) in [6.45, 7) is 6.04. The summed E-state index contributed by atoms with van der Waals surface area (Å²) in [5.41, 5.74) is 1.36. The van der Waals surface area contributed by atoms with Gasteiger partial charge in [-0.3, -0.25) is 18.9 Å². The van der Waals surface area contributed by atoms with Crippen LogP contribution in [0.15, 0.2) is 28.0 Å². The molecule has 1 aliphatic rings. The topological polar surface area (TPSA) is 86.9 Å². The molecule has 1 aliphatic heterocycles. The van der Waals surface area contributed by atoms with E-state index in [1.165, 1.54) is 21.1 Å². The lowest BCUT2D eigenvalue weighted by Gasteiger charge is -2.17. The van der Waals surface area contributed by atoms with Crippen molar-refractivity contribution in [3.63, 3.8) is 0 Å². The number of nitrogens with one attached hydrogen (secondary N) is 1. The zero-order chi connectivity index (χ0) is 20.4. The highest BCUT2D eigenvalue weighted by atomic mass is 32.2. The van der Waals surface area contributed by atoms with Crippen molar-refractivity contribution in [3.8, 4) is 0 Å². The summed E-state index contributed by atoms with van der Waals surface area (Å²) in [7, 11) is 0. The van der Waals surface area contributed by atoms with Gasteiger partial charge in [0.1, 0.15) is 15.8 Å². The number of thiocarbonyl (C=S) groups is 1. The van der Waals surface area contributed by atoms with Crippen LogP contribution < -0.4 is 10.9 Å². The second kappa shape index (κ2) is 8.42. The average molecular weight is 419 g/mol. The van der Waals surface area contributed by atoms with Gasteiger partial charge in [-0.05, 0) is 38.0 Å². The molecule has 2 aromatic rings. The van der Waals surface area contributed by atoms with E-state index in [0.29, 0.717) is 33.7 Å². The number of rotatable bonds is 6. The van der Waals surface area contributed by atoms with Crippen molar-refractivity contribution in [2.75, 3.05) is 18.5 Å². The molecule has 2 aromatic heterocycles. The average Bonchev–Trinajstić information content (AvgIpc) is 2.95. The molecular weight excluding hydrogens is 396 g/mol. The van der Waals surface area contributed by atoms with Gasteiger partial charge in [0.2, 0.25) is 0 Å². The van der Waals surface area contributed by atoms with Crippen LogP contribution in [0.3, 0.4) is 0 Å². The third-order valence-electron chi connectivity index (χ3n) is 4.60. The number of amides is 1. The van der Waals surface area contributed by atoms with Crippen molar-refractivity contribution in [3.05, 3.63) is 44.7 Å². The molecule has 0 saturated carbocycles. The third kappa shape index (κ3) is 3.69. The van der Waals surface area contributed by atoms with Crippen LogP contribution in [0, 0.1) is 6.92 Å². The molecule has 0 unspecified atom stereocenters. The Bertz CT molecular complexity index is 1030. The summed E-state index contributed by atoms with van der Waals surface area (Å²) in [5, 5.41) is 12.7. The van der Waals surface area contributed by atoms with Crippen LogP contribution >= 0.6 is 24.0 Å². The number of fused-ring (bicyclic) bond motifs is 1. The van der Waals surface area contributed by atoms with Gasteiger partial charge in [0.05, 0.1) is 23.1 Å². The van der Waals surface area contributed by atoms with Crippen LogP contribution in [0.2, 0.25) is 0 Å². The molecular formula is C19H22N4O3S2. The molecule has 0 aromatic carbocycles. The highest BCUT2D eigenvalue weighted by molar-refractivity contribution is 8.26. The Kier molecular flexibility index (Phi) is 6.17. The molecule has 1 saturated heterocycles. The fourth-order valence-corrected chi connectivity index (χ4v) is 4.29. The molecule has 0 bridgehead atoms. The van der Waals surface area contributed by atoms with E-state index in [0.717, 1.165) is 5.56 Å². The summed E-state index contributed by atoms with van der Waals surface area (Å²) in [6, 6.07) is 3.40. The lowest BCUT2D eigenvalue weighted by molar-refractivity contribution is -0.121. The van der Waals surface area contributed by atoms with Crippen LogP contribution in [-0.2, 0) is 4.79 Å². The molecule has 7 nitrogen and oxygen atoms in total. The van der Waals surface area contributed by atoms with E-state index in [1.54, 1.807) is 18.3 Å². The second-order valence-electron chi connectivity index (χ2n) is 6.42. The molecule has 28 heavy (non-hydrogen) atoms. The minimum atomic E-state index is -0.286. The van der Waals surface area contributed by atoms with Gasteiger partial charge in [0.15, 0.2) is 0 Å². The number of pyridine rings is 1. The van der Waals surface area contributed by atoms with Gasteiger partial charge in [-0.15, -0.1) is 0 Å². The minimum Gasteiger partial charge on any atom is -0.394 e. The van der Waals surface area contributed by atoms with Gasteiger partial charge in [-0.2, -0.15) is 0 Å². The number of aliphatic hydroxyl groups is 1. The number of hydrogen-bond donors (Lipinski definition) is 2. The highest BCUT2D eigenvalue weighted by Gasteiger charge is 2.31. The fourth-order valence-electron chi connectivity index (χ4n) is 2.93. The highest BCUT2D eigenvalue weighted by Crippen LogP contribution is 2.32. The molecule has 9 heteroatoms. The van der Waals surface area contributed by atoms with E-state index in [9.17, 15) is 14.7 Å². The summed E-state index contributed by atoms with van der Waals surface area (Å²) in [4.78, 5) is 32.3. The second-order valence-corrected chi connectivity index (χ2v) is 8.10. The van der Waals surface area contributed by atoms with E-state index in [4.69, 9.17) is 12.2 Å². The molecule has 3 heterocycles. The van der Waals surface area contributed by atoms with Gasteiger partial charge in [0.25, 0.3) is 11.5 Å². The van der Waals surface area contributed by atoms with Crippen LogP contribution in [-0.4, -0.2) is 48.8 Å². The number of anilines is 1. The molecule has 1 amide bonds. The summed E-state index contributed by atoms with van der Waals surface area (Å²) in [6.07, 6.45) is 3.85. The zero-order valence-electron chi connectivity index (χ0n) is 15.9. The van der Waals surface area contributed by atoms with E-state index < -0.39 is 0 Å². The zero-order valence-corrected chi connectivity index (χ0v) is 17.6. The van der Waals surface area contributed by atoms with Crippen molar-refractivity contribution >= 4 is 51.7 Å². The number of nitrogens with zero attached hydrogens (tertiary/aromatic N) is 3. The Balaban J connectivity index is 2.21. The Morgan fingerprint density at radius 3 is 2.75 bits per heavy atom. The maximum atomic E-state index is 13.2. The van der Waals surface area contributed by atoms with Gasteiger partial charge in [0, 0.05) is 12.7 Å². The predicted molar refractivity (Wildman–Crippen MR) is 117 cm³/mol. The first kappa shape index (κ1) is 20.5. The first-order valence-electron chi connectivity index (χ1n) is 9.05. The number of likely N-dealkylation sites (N-methyl/N-ethyl adjacent to an activating group) is 1. The smallest absolute Gasteiger partial charge is 0.267 e. The number of aromatic nitrogens is 2. The van der Waals surface area contributed by atoms with Crippen molar-refractivity contribution < 1.29 is 9.90 Å². The number of carbonyl (C=O) groups excluding carboxylic acids is 1. The maximum absolute atomic E-state index is 13.2. The van der Waals surface area contributed by atoms with Crippen molar-refractivity contribution in [1.82, 2.24) is 14.3 Å². The van der Waals surface area contributed by atoms with Gasteiger partial charge < -0.3 is 10.4 Å².